The van der Waals surface area contributed by atoms with Gasteiger partial charge in [0.1, 0.15) is 5.82 Å². The lowest BCUT2D eigenvalue weighted by atomic mass is 9.85. The summed E-state index contributed by atoms with van der Waals surface area (Å²) in [6.07, 6.45) is 5.71. The van der Waals surface area contributed by atoms with Gasteiger partial charge in [0.05, 0.1) is 19.3 Å². The summed E-state index contributed by atoms with van der Waals surface area (Å²) in [4.78, 5) is 35.2. The fraction of sp³-hybridized carbons (Fsp3) is 0.280. The molecule has 0 saturated carbocycles. The van der Waals surface area contributed by atoms with E-state index >= 15 is 0 Å². The number of aromatic nitrogens is 2. The number of carbonyl (C=O) groups excluding carboxylic acids is 2. The minimum atomic E-state index is -0.443. The first kappa shape index (κ1) is 23.2. The smallest absolute Gasteiger partial charge is 0.415 e. The molecule has 0 radical (unpaired) electrons. The number of pyridine rings is 2. The summed E-state index contributed by atoms with van der Waals surface area (Å²) in [7, 11) is 1.51. The van der Waals surface area contributed by atoms with Gasteiger partial charge in [-0.1, -0.05) is 0 Å². The fourth-order valence-corrected chi connectivity index (χ4v) is 4.00. The Kier molecular flexibility index (Phi) is 7.31. The molecule has 1 aliphatic rings. The summed E-state index contributed by atoms with van der Waals surface area (Å²) in [5.74, 6) is 0.195. The summed E-state index contributed by atoms with van der Waals surface area (Å²) < 4.78 is 23.7. The third kappa shape index (κ3) is 5.67. The van der Waals surface area contributed by atoms with Gasteiger partial charge < -0.3 is 19.7 Å². The SMILES string of the molecule is COc1ccc(OC(=O)N2CCC(C(NC(=O)c3ccc(F)cc3)c3ccncc3)CC2)cn1. The van der Waals surface area contributed by atoms with Gasteiger partial charge in [-0.3, -0.25) is 9.78 Å². The van der Waals surface area contributed by atoms with Crippen molar-refractivity contribution in [2.24, 2.45) is 5.92 Å². The number of ether oxygens (including phenoxy) is 2. The molecule has 1 saturated heterocycles. The van der Waals surface area contributed by atoms with Crippen molar-refractivity contribution >= 4 is 12.0 Å². The summed E-state index contributed by atoms with van der Waals surface area (Å²) in [5.41, 5.74) is 1.31. The van der Waals surface area contributed by atoms with Gasteiger partial charge in [0.15, 0.2) is 5.75 Å². The largest absolute Gasteiger partial charge is 0.481 e. The molecule has 3 heterocycles. The molecule has 3 aromatic rings. The maximum atomic E-state index is 13.3. The first-order valence-electron chi connectivity index (χ1n) is 11.0. The Labute approximate surface area is 196 Å². The van der Waals surface area contributed by atoms with E-state index in [1.54, 1.807) is 29.4 Å². The van der Waals surface area contributed by atoms with Crippen molar-refractivity contribution in [2.75, 3.05) is 20.2 Å². The Bertz CT molecular complexity index is 1100. The van der Waals surface area contributed by atoms with Crippen LogP contribution in [0.25, 0.3) is 0 Å². The van der Waals surface area contributed by atoms with Crippen LogP contribution in [0.5, 0.6) is 11.6 Å². The predicted octanol–water partition coefficient (Wildman–Crippen LogP) is 4.01. The van der Waals surface area contributed by atoms with Gasteiger partial charge in [-0.2, -0.15) is 0 Å². The number of hydrogen-bond acceptors (Lipinski definition) is 6. The molecule has 0 bridgehead atoms. The zero-order valence-corrected chi connectivity index (χ0v) is 18.7. The van der Waals surface area contributed by atoms with Crippen LogP contribution in [0.1, 0.15) is 34.8 Å². The molecule has 1 aliphatic heterocycles. The monoisotopic (exact) mass is 464 g/mol. The van der Waals surface area contributed by atoms with Gasteiger partial charge in [-0.25, -0.2) is 14.2 Å². The van der Waals surface area contributed by atoms with Crippen LogP contribution in [-0.2, 0) is 0 Å². The predicted molar refractivity (Wildman–Crippen MR) is 122 cm³/mol. The number of halogens is 1. The van der Waals surface area contributed by atoms with E-state index in [-0.39, 0.29) is 17.9 Å². The number of hydrogen-bond donors (Lipinski definition) is 1. The molecule has 34 heavy (non-hydrogen) atoms. The third-order valence-corrected chi connectivity index (χ3v) is 5.85. The molecule has 1 atom stereocenters. The van der Waals surface area contributed by atoms with E-state index in [0.29, 0.717) is 43.1 Å². The van der Waals surface area contributed by atoms with Gasteiger partial charge >= 0.3 is 6.09 Å². The molecular weight excluding hydrogens is 439 g/mol. The Morgan fingerprint density at radius 3 is 2.38 bits per heavy atom. The highest BCUT2D eigenvalue weighted by Gasteiger charge is 2.31. The van der Waals surface area contributed by atoms with Crippen molar-refractivity contribution in [3.05, 3.63) is 84.1 Å². The molecular formula is C25H25FN4O4. The van der Waals surface area contributed by atoms with E-state index in [1.807, 2.05) is 12.1 Å². The third-order valence-electron chi connectivity index (χ3n) is 5.85. The second kappa shape index (κ2) is 10.7. The van der Waals surface area contributed by atoms with Gasteiger partial charge in [0.2, 0.25) is 5.88 Å². The lowest BCUT2D eigenvalue weighted by Gasteiger charge is -2.36. The van der Waals surface area contributed by atoms with Crippen molar-refractivity contribution in [3.8, 4) is 11.6 Å². The Hall–Kier alpha value is -4.01. The minimum absolute atomic E-state index is 0.0958. The van der Waals surface area contributed by atoms with Gasteiger partial charge in [-0.05, 0) is 66.8 Å². The van der Waals surface area contributed by atoms with E-state index in [0.717, 1.165) is 5.56 Å². The molecule has 1 fully saturated rings. The molecule has 1 N–H and O–H groups in total. The molecule has 9 heteroatoms. The summed E-state index contributed by atoms with van der Waals surface area (Å²) >= 11 is 0. The standard InChI is InChI=1S/C25H25FN4O4/c1-33-22-7-6-21(16-28-22)34-25(32)30-14-10-18(11-15-30)23(17-8-12-27-13-9-17)29-24(31)19-2-4-20(26)5-3-19/h2-9,12-13,16,18,23H,10-11,14-15H2,1H3,(H,29,31). The van der Waals surface area contributed by atoms with E-state index in [2.05, 4.69) is 15.3 Å². The summed E-state index contributed by atoms with van der Waals surface area (Å²) in [6, 6.07) is 12.2. The second-order valence-electron chi connectivity index (χ2n) is 7.97. The van der Waals surface area contributed by atoms with E-state index in [9.17, 15) is 14.0 Å². The van der Waals surface area contributed by atoms with Crippen LogP contribution in [-0.4, -0.2) is 47.1 Å². The quantitative estimate of drug-likeness (QED) is 0.593. The molecule has 176 valence electrons. The number of piperidine rings is 1. The summed E-state index contributed by atoms with van der Waals surface area (Å²) in [5, 5.41) is 3.09. The van der Waals surface area contributed by atoms with E-state index in [4.69, 9.17) is 9.47 Å². The molecule has 1 aromatic carbocycles. The number of nitrogens with one attached hydrogen (secondary N) is 1. The van der Waals surface area contributed by atoms with Crippen molar-refractivity contribution < 1.29 is 23.5 Å². The number of likely N-dealkylation sites (tertiary alicyclic amines) is 1. The van der Waals surface area contributed by atoms with Crippen molar-refractivity contribution in [1.82, 2.24) is 20.2 Å². The van der Waals surface area contributed by atoms with Crippen LogP contribution >= 0.6 is 0 Å². The van der Waals surface area contributed by atoms with Gasteiger partial charge in [-0.15, -0.1) is 0 Å². The molecule has 4 rings (SSSR count). The normalized spacial score (nSPS) is 14.8. The number of benzene rings is 1. The van der Waals surface area contributed by atoms with Crippen molar-refractivity contribution in [1.29, 1.82) is 0 Å². The summed E-state index contributed by atoms with van der Waals surface area (Å²) in [6.45, 7) is 0.974. The number of methoxy groups -OCH3 is 1. The Morgan fingerprint density at radius 2 is 1.76 bits per heavy atom. The molecule has 2 aromatic heterocycles. The maximum absolute atomic E-state index is 13.3. The van der Waals surface area contributed by atoms with Crippen LogP contribution in [0, 0.1) is 11.7 Å². The average molecular weight is 464 g/mol. The average Bonchev–Trinajstić information content (AvgIpc) is 2.88. The first-order valence-corrected chi connectivity index (χ1v) is 11.0. The second-order valence-corrected chi connectivity index (χ2v) is 7.97. The van der Waals surface area contributed by atoms with Crippen LogP contribution in [0.3, 0.4) is 0 Å². The topological polar surface area (TPSA) is 93.7 Å². The molecule has 1 unspecified atom stereocenters. The zero-order chi connectivity index (χ0) is 23.9. The fourth-order valence-electron chi connectivity index (χ4n) is 4.00. The number of rotatable bonds is 6. The maximum Gasteiger partial charge on any atom is 0.415 e. The van der Waals surface area contributed by atoms with Crippen LogP contribution < -0.4 is 14.8 Å². The number of nitrogens with zero attached hydrogens (tertiary/aromatic N) is 3. The zero-order valence-electron chi connectivity index (χ0n) is 18.7. The molecule has 8 nitrogen and oxygen atoms in total. The van der Waals surface area contributed by atoms with Crippen LogP contribution in [0.15, 0.2) is 67.1 Å². The Morgan fingerprint density at radius 1 is 1.06 bits per heavy atom. The highest BCUT2D eigenvalue weighted by molar-refractivity contribution is 5.94. The van der Waals surface area contributed by atoms with Crippen LogP contribution in [0.4, 0.5) is 9.18 Å². The first-order chi connectivity index (χ1) is 16.5. The highest BCUT2D eigenvalue weighted by Crippen LogP contribution is 2.31. The number of carbonyl (C=O) groups is 2. The van der Waals surface area contributed by atoms with Crippen molar-refractivity contribution in [3.63, 3.8) is 0 Å². The van der Waals surface area contributed by atoms with E-state index < -0.39 is 11.9 Å². The molecule has 0 aliphatic carbocycles. The van der Waals surface area contributed by atoms with Crippen molar-refractivity contribution in [2.45, 2.75) is 18.9 Å². The molecule has 2 amide bonds. The minimum Gasteiger partial charge on any atom is -0.481 e. The molecule has 0 spiro atoms. The lowest BCUT2D eigenvalue weighted by molar-refractivity contribution is 0.0885. The van der Waals surface area contributed by atoms with Gasteiger partial charge in [0.25, 0.3) is 5.91 Å². The lowest BCUT2D eigenvalue weighted by Crippen LogP contribution is -2.44. The van der Waals surface area contributed by atoms with Gasteiger partial charge in [0, 0.05) is 37.1 Å². The number of amides is 2. The van der Waals surface area contributed by atoms with E-state index in [1.165, 1.54) is 37.6 Å². The highest BCUT2D eigenvalue weighted by atomic mass is 19.1. The Balaban J connectivity index is 1.40. The van der Waals surface area contributed by atoms with Crippen LogP contribution in [0.2, 0.25) is 0 Å².